The zero-order valence-corrected chi connectivity index (χ0v) is 25.8. The van der Waals surface area contributed by atoms with Gasteiger partial charge in [-0.1, -0.05) is 41.6 Å². The number of nitrogens with one attached hydrogen (secondary N) is 1. The van der Waals surface area contributed by atoms with Crippen molar-refractivity contribution in [1.82, 2.24) is 19.9 Å². The topological polar surface area (TPSA) is 111 Å². The summed E-state index contributed by atoms with van der Waals surface area (Å²) in [5.41, 5.74) is 4.56. The van der Waals surface area contributed by atoms with Crippen LogP contribution in [0.5, 0.6) is 11.5 Å². The van der Waals surface area contributed by atoms with Crippen LogP contribution in [0.15, 0.2) is 97.1 Å². The van der Waals surface area contributed by atoms with Gasteiger partial charge in [-0.15, -0.1) is 5.10 Å². The molecule has 4 aromatic carbocycles. The molecule has 0 spiro atoms. The van der Waals surface area contributed by atoms with Crippen LogP contribution in [0.25, 0.3) is 11.0 Å². The number of methoxy groups -OCH3 is 2. The summed E-state index contributed by atoms with van der Waals surface area (Å²) >= 11 is 0. The SMILES string of the molecule is COc1ccc(CN(C(=O)Cn2nnc3ccccc32)C(C(=O)Nc2ccc(N3CCOCC3)cc2)c2ccc(OC)cc2)cc1. The van der Waals surface area contributed by atoms with Crippen LogP contribution in [0.3, 0.4) is 0 Å². The van der Waals surface area contributed by atoms with Gasteiger partial charge < -0.3 is 29.3 Å². The van der Waals surface area contributed by atoms with E-state index in [9.17, 15) is 9.59 Å². The van der Waals surface area contributed by atoms with Crippen molar-refractivity contribution >= 4 is 34.2 Å². The number of anilines is 2. The van der Waals surface area contributed by atoms with E-state index >= 15 is 0 Å². The van der Waals surface area contributed by atoms with E-state index < -0.39 is 6.04 Å². The van der Waals surface area contributed by atoms with Crippen LogP contribution in [0.2, 0.25) is 0 Å². The fourth-order valence-corrected chi connectivity index (χ4v) is 5.55. The fraction of sp³-hybridized carbons (Fsp3) is 0.257. The number of carbonyl (C=O) groups is 2. The quantitative estimate of drug-likeness (QED) is 0.226. The number of para-hydroxylation sites is 1. The first-order valence-electron chi connectivity index (χ1n) is 15.1. The van der Waals surface area contributed by atoms with Crippen LogP contribution in [-0.4, -0.2) is 72.2 Å². The van der Waals surface area contributed by atoms with Crippen LogP contribution in [-0.2, 0) is 27.4 Å². The number of ether oxygens (including phenoxy) is 3. The molecule has 1 aliphatic rings. The van der Waals surface area contributed by atoms with Crippen molar-refractivity contribution in [2.24, 2.45) is 0 Å². The Kier molecular flexibility index (Phi) is 9.40. The lowest BCUT2D eigenvalue weighted by atomic mass is 10.0. The molecule has 1 unspecified atom stereocenters. The van der Waals surface area contributed by atoms with Crippen molar-refractivity contribution in [3.63, 3.8) is 0 Å². The minimum absolute atomic E-state index is 0.106. The van der Waals surface area contributed by atoms with Crippen LogP contribution < -0.4 is 19.7 Å². The number of nitrogens with zero attached hydrogens (tertiary/aromatic N) is 5. The highest BCUT2D eigenvalue weighted by Gasteiger charge is 2.32. The van der Waals surface area contributed by atoms with Gasteiger partial charge in [0.15, 0.2) is 0 Å². The van der Waals surface area contributed by atoms with E-state index in [0.29, 0.717) is 41.5 Å². The van der Waals surface area contributed by atoms with Gasteiger partial charge in [0.25, 0.3) is 5.91 Å². The largest absolute Gasteiger partial charge is 0.497 e. The predicted molar refractivity (Wildman–Crippen MR) is 175 cm³/mol. The molecule has 0 radical (unpaired) electrons. The summed E-state index contributed by atoms with van der Waals surface area (Å²) in [5.74, 6) is 0.684. The average Bonchev–Trinajstić information content (AvgIpc) is 3.51. The third-order valence-electron chi connectivity index (χ3n) is 8.04. The lowest BCUT2D eigenvalue weighted by Gasteiger charge is -2.32. The highest BCUT2D eigenvalue weighted by atomic mass is 16.5. The van der Waals surface area contributed by atoms with Gasteiger partial charge in [-0.25, -0.2) is 4.68 Å². The Morgan fingerprint density at radius 1 is 0.870 bits per heavy atom. The number of aromatic nitrogens is 3. The van der Waals surface area contributed by atoms with Crippen LogP contribution >= 0.6 is 0 Å². The highest BCUT2D eigenvalue weighted by Crippen LogP contribution is 2.29. The van der Waals surface area contributed by atoms with E-state index in [1.165, 1.54) is 0 Å². The molecule has 2 heterocycles. The lowest BCUT2D eigenvalue weighted by Crippen LogP contribution is -2.42. The Morgan fingerprint density at radius 3 is 2.20 bits per heavy atom. The molecule has 11 heteroatoms. The molecule has 0 bridgehead atoms. The minimum atomic E-state index is -0.978. The van der Waals surface area contributed by atoms with Crippen molar-refractivity contribution in [2.75, 3.05) is 50.7 Å². The van der Waals surface area contributed by atoms with Crippen molar-refractivity contribution in [1.29, 1.82) is 0 Å². The van der Waals surface area contributed by atoms with E-state index in [4.69, 9.17) is 14.2 Å². The Hall–Kier alpha value is -5.42. The number of hydrogen-bond acceptors (Lipinski definition) is 8. The number of morpholine rings is 1. The number of benzene rings is 4. The summed E-state index contributed by atoms with van der Waals surface area (Å²) in [5, 5.41) is 11.5. The first-order valence-corrected chi connectivity index (χ1v) is 15.1. The summed E-state index contributed by atoms with van der Waals surface area (Å²) in [6.45, 7) is 3.05. The second kappa shape index (κ2) is 14.1. The molecule has 5 aromatic rings. The van der Waals surface area contributed by atoms with E-state index in [0.717, 1.165) is 29.9 Å². The summed E-state index contributed by atoms with van der Waals surface area (Å²) in [6.07, 6.45) is 0. The predicted octanol–water partition coefficient (Wildman–Crippen LogP) is 4.69. The van der Waals surface area contributed by atoms with Gasteiger partial charge in [0.05, 0.1) is 33.0 Å². The monoisotopic (exact) mass is 620 g/mol. The lowest BCUT2D eigenvalue weighted by molar-refractivity contribution is -0.140. The maximum atomic E-state index is 14.3. The molecule has 46 heavy (non-hydrogen) atoms. The van der Waals surface area contributed by atoms with E-state index in [1.807, 2.05) is 84.9 Å². The number of rotatable bonds is 11. The molecule has 1 N–H and O–H groups in total. The normalized spacial score (nSPS) is 13.7. The maximum Gasteiger partial charge on any atom is 0.251 e. The number of amides is 2. The second-order valence-corrected chi connectivity index (χ2v) is 10.9. The van der Waals surface area contributed by atoms with Gasteiger partial charge in [0, 0.05) is 31.0 Å². The molecule has 1 aliphatic heterocycles. The third-order valence-corrected chi connectivity index (χ3v) is 8.04. The zero-order chi connectivity index (χ0) is 31.9. The average molecular weight is 621 g/mol. The van der Waals surface area contributed by atoms with Crippen molar-refractivity contribution in [3.05, 3.63) is 108 Å². The molecule has 236 valence electrons. The van der Waals surface area contributed by atoms with E-state index in [2.05, 4.69) is 20.5 Å². The van der Waals surface area contributed by atoms with Gasteiger partial charge in [-0.05, 0) is 71.8 Å². The smallest absolute Gasteiger partial charge is 0.251 e. The van der Waals surface area contributed by atoms with Crippen LogP contribution in [0, 0.1) is 0 Å². The summed E-state index contributed by atoms with van der Waals surface area (Å²) in [6, 6.07) is 28.8. The first-order chi connectivity index (χ1) is 22.5. The van der Waals surface area contributed by atoms with E-state index in [1.54, 1.807) is 35.9 Å². The molecule has 6 rings (SSSR count). The maximum absolute atomic E-state index is 14.3. The fourth-order valence-electron chi connectivity index (χ4n) is 5.55. The molecule has 11 nitrogen and oxygen atoms in total. The Balaban J connectivity index is 1.34. The number of hydrogen-bond donors (Lipinski definition) is 1. The van der Waals surface area contributed by atoms with Gasteiger partial charge in [0.1, 0.15) is 29.6 Å². The Morgan fingerprint density at radius 2 is 1.52 bits per heavy atom. The minimum Gasteiger partial charge on any atom is -0.497 e. The van der Waals surface area contributed by atoms with Crippen molar-refractivity contribution in [2.45, 2.75) is 19.1 Å². The summed E-state index contributed by atoms with van der Waals surface area (Å²) in [4.78, 5) is 32.4. The van der Waals surface area contributed by atoms with Gasteiger partial charge in [-0.3, -0.25) is 9.59 Å². The molecule has 1 saturated heterocycles. The van der Waals surface area contributed by atoms with E-state index in [-0.39, 0.29) is 24.9 Å². The summed E-state index contributed by atoms with van der Waals surface area (Å²) < 4.78 is 17.8. The van der Waals surface area contributed by atoms with Gasteiger partial charge in [-0.2, -0.15) is 0 Å². The number of carbonyl (C=O) groups excluding carboxylic acids is 2. The molecule has 1 fully saturated rings. The first kappa shape index (κ1) is 30.6. The highest BCUT2D eigenvalue weighted by molar-refractivity contribution is 5.98. The molecule has 0 aliphatic carbocycles. The van der Waals surface area contributed by atoms with Crippen LogP contribution in [0.1, 0.15) is 17.2 Å². The second-order valence-electron chi connectivity index (χ2n) is 10.9. The molecule has 0 saturated carbocycles. The van der Waals surface area contributed by atoms with Crippen molar-refractivity contribution < 1.29 is 23.8 Å². The molecule has 1 atom stereocenters. The third kappa shape index (κ3) is 6.94. The van der Waals surface area contributed by atoms with Crippen LogP contribution in [0.4, 0.5) is 11.4 Å². The van der Waals surface area contributed by atoms with Crippen molar-refractivity contribution in [3.8, 4) is 11.5 Å². The molecular weight excluding hydrogens is 584 g/mol. The summed E-state index contributed by atoms with van der Waals surface area (Å²) in [7, 11) is 3.19. The molecule has 1 aromatic heterocycles. The number of fused-ring (bicyclic) bond motifs is 1. The Bertz CT molecular complexity index is 1770. The van der Waals surface area contributed by atoms with Gasteiger partial charge >= 0.3 is 0 Å². The van der Waals surface area contributed by atoms with Gasteiger partial charge in [0.2, 0.25) is 5.91 Å². The Labute approximate surface area is 267 Å². The molecular formula is C35H36N6O5. The molecule has 2 amide bonds. The zero-order valence-electron chi connectivity index (χ0n) is 25.8. The standard InChI is InChI=1S/C35H36N6O5/c1-44-29-15-7-25(8-16-29)23-40(33(42)24-41-32-6-4-3-5-31(32)37-38-41)34(26-9-17-30(45-2)18-10-26)35(43)36-27-11-13-28(14-12-27)39-19-21-46-22-20-39/h3-18,34H,19-24H2,1-2H3,(H,36,43).